The van der Waals surface area contributed by atoms with Gasteiger partial charge in [-0.15, -0.1) is 0 Å². The van der Waals surface area contributed by atoms with Crippen molar-refractivity contribution >= 4 is 6.09 Å². The molecule has 0 aromatic carbocycles. The number of hydrogen-bond acceptors (Lipinski definition) is 4. The average molecular weight is 174 g/mol. The Bertz CT molecular complexity index is 155. The first-order valence-electron chi connectivity index (χ1n) is 3.95. The van der Waals surface area contributed by atoms with Crippen LogP contribution in [0.25, 0.3) is 0 Å². The van der Waals surface area contributed by atoms with Crippen LogP contribution in [0.4, 0.5) is 4.79 Å². The van der Waals surface area contributed by atoms with E-state index in [1.54, 1.807) is 4.90 Å². The molecule has 1 aliphatic rings. The number of amides is 1. The number of carbonyl (C=O) groups is 1. The molecule has 1 fully saturated rings. The maximum absolute atomic E-state index is 11.0. The topological polar surface area (TPSA) is 53.0 Å². The number of nitrogens with zero attached hydrogens (tertiary/aromatic N) is 2. The summed E-state index contributed by atoms with van der Waals surface area (Å²) in [6, 6.07) is 0. The smallest absolute Gasteiger partial charge is 0.411 e. The minimum absolute atomic E-state index is 0.425. The lowest BCUT2D eigenvalue weighted by atomic mass is 10.3. The number of likely N-dealkylation sites (N-methyl/N-ethyl adjacent to an activating group) is 1. The van der Waals surface area contributed by atoms with E-state index in [9.17, 15) is 4.79 Å². The first-order valence-corrected chi connectivity index (χ1v) is 3.95. The molecule has 5 nitrogen and oxygen atoms in total. The number of aliphatic hydroxyl groups excluding tert-OH is 1. The lowest BCUT2D eigenvalue weighted by molar-refractivity contribution is 0.0150. The van der Waals surface area contributed by atoms with Crippen LogP contribution in [-0.4, -0.2) is 61.0 Å². The van der Waals surface area contributed by atoms with E-state index >= 15 is 0 Å². The molecule has 0 atom stereocenters. The van der Waals surface area contributed by atoms with Crippen molar-refractivity contribution in [3.63, 3.8) is 0 Å². The summed E-state index contributed by atoms with van der Waals surface area (Å²) in [6.07, 6.45) is -0.425. The van der Waals surface area contributed by atoms with Crippen LogP contribution in [-0.2, 0) is 4.74 Å². The Morgan fingerprint density at radius 1 is 1.42 bits per heavy atom. The Balaban J connectivity index is 2.29. The highest BCUT2D eigenvalue weighted by atomic mass is 16.6. The van der Waals surface area contributed by atoms with Crippen LogP contribution < -0.4 is 0 Å². The third-order valence-corrected chi connectivity index (χ3v) is 1.95. The van der Waals surface area contributed by atoms with Gasteiger partial charge in [0, 0.05) is 26.2 Å². The summed E-state index contributed by atoms with van der Waals surface area (Å²) in [5.41, 5.74) is 0. The van der Waals surface area contributed by atoms with Gasteiger partial charge in [-0.2, -0.15) is 0 Å². The highest BCUT2D eigenvalue weighted by Gasteiger charge is 2.19. The van der Waals surface area contributed by atoms with Crippen molar-refractivity contribution in [1.82, 2.24) is 9.80 Å². The third kappa shape index (κ3) is 2.35. The quantitative estimate of drug-likeness (QED) is 0.535. The third-order valence-electron chi connectivity index (χ3n) is 1.95. The lowest BCUT2D eigenvalue weighted by Gasteiger charge is -2.31. The summed E-state index contributed by atoms with van der Waals surface area (Å²) in [7, 11) is 2.01. The second-order valence-corrected chi connectivity index (χ2v) is 2.83. The van der Waals surface area contributed by atoms with E-state index in [4.69, 9.17) is 5.11 Å². The van der Waals surface area contributed by atoms with Gasteiger partial charge < -0.3 is 19.6 Å². The van der Waals surface area contributed by atoms with Gasteiger partial charge in [-0.05, 0) is 7.05 Å². The molecule has 0 saturated carbocycles. The highest BCUT2D eigenvalue weighted by molar-refractivity contribution is 5.67. The fourth-order valence-corrected chi connectivity index (χ4v) is 1.14. The molecule has 1 amide bonds. The molecule has 5 heteroatoms. The summed E-state index contributed by atoms with van der Waals surface area (Å²) in [5.74, 6) is 0. The summed E-state index contributed by atoms with van der Waals surface area (Å²) >= 11 is 0. The number of ether oxygens (including phenoxy) is 1. The zero-order valence-electron chi connectivity index (χ0n) is 7.19. The van der Waals surface area contributed by atoms with Crippen LogP contribution in [0.1, 0.15) is 0 Å². The standard InChI is InChI=1S/C7H14N2O3/c1-8-2-4-9(5-3-8)7(11)12-6-10/h10H,2-6H2,1H3. The maximum atomic E-state index is 11.0. The van der Waals surface area contributed by atoms with Crippen LogP contribution in [0.3, 0.4) is 0 Å². The van der Waals surface area contributed by atoms with Crippen molar-refractivity contribution in [2.24, 2.45) is 0 Å². The lowest BCUT2D eigenvalue weighted by Crippen LogP contribution is -2.47. The molecule has 0 aromatic heterocycles. The van der Waals surface area contributed by atoms with Crippen molar-refractivity contribution in [2.75, 3.05) is 40.0 Å². The van der Waals surface area contributed by atoms with Gasteiger partial charge in [0.1, 0.15) is 0 Å². The Morgan fingerprint density at radius 2 is 2.00 bits per heavy atom. The minimum Gasteiger partial charge on any atom is -0.422 e. The van der Waals surface area contributed by atoms with E-state index < -0.39 is 12.9 Å². The van der Waals surface area contributed by atoms with Gasteiger partial charge in [0.05, 0.1) is 0 Å². The van der Waals surface area contributed by atoms with Crippen LogP contribution in [0.15, 0.2) is 0 Å². The van der Waals surface area contributed by atoms with E-state index in [0.29, 0.717) is 13.1 Å². The van der Waals surface area contributed by atoms with Gasteiger partial charge in [0.2, 0.25) is 0 Å². The molecular formula is C7H14N2O3. The number of aliphatic hydroxyl groups is 1. The zero-order valence-corrected chi connectivity index (χ0v) is 7.19. The Morgan fingerprint density at radius 3 is 2.50 bits per heavy atom. The van der Waals surface area contributed by atoms with Gasteiger partial charge in [0.25, 0.3) is 0 Å². The summed E-state index contributed by atoms with van der Waals surface area (Å²) in [4.78, 5) is 14.8. The van der Waals surface area contributed by atoms with Crippen molar-refractivity contribution in [3.8, 4) is 0 Å². The minimum atomic E-state index is -0.537. The number of carbonyl (C=O) groups excluding carboxylic acids is 1. The molecule has 0 spiro atoms. The van der Waals surface area contributed by atoms with Crippen LogP contribution in [0, 0.1) is 0 Å². The number of rotatable bonds is 1. The first-order chi connectivity index (χ1) is 5.74. The van der Waals surface area contributed by atoms with Gasteiger partial charge in [-0.25, -0.2) is 4.79 Å². The molecule has 0 bridgehead atoms. The molecule has 1 aliphatic heterocycles. The SMILES string of the molecule is CN1CCN(C(=O)OCO)CC1. The van der Waals surface area contributed by atoms with Crippen LogP contribution >= 0.6 is 0 Å². The van der Waals surface area contributed by atoms with E-state index in [0.717, 1.165) is 13.1 Å². The summed E-state index contributed by atoms with van der Waals surface area (Å²) < 4.78 is 4.44. The molecule has 1 heterocycles. The molecule has 12 heavy (non-hydrogen) atoms. The molecule has 1 N–H and O–H groups in total. The van der Waals surface area contributed by atoms with E-state index in [1.807, 2.05) is 7.05 Å². The number of hydrogen-bond donors (Lipinski definition) is 1. The van der Waals surface area contributed by atoms with Crippen molar-refractivity contribution < 1.29 is 14.6 Å². The molecule has 0 radical (unpaired) electrons. The maximum Gasteiger partial charge on any atom is 0.411 e. The van der Waals surface area contributed by atoms with E-state index in [-0.39, 0.29) is 0 Å². The Kier molecular flexibility index (Phi) is 3.31. The average Bonchev–Trinajstić information content (AvgIpc) is 2.06. The monoisotopic (exact) mass is 174 g/mol. The predicted molar refractivity (Wildman–Crippen MR) is 42.6 cm³/mol. The first kappa shape index (κ1) is 9.28. The molecule has 1 rings (SSSR count). The summed E-state index contributed by atoms with van der Waals surface area (Å²) in [6.45, 7) is 2.54. The van der Waals surface area contributed by atoms with Gasteiger partial charge >= 0.3 is 6.09 Å². The van der Waals surface area contributed by atoms with Crippen molar-refractivity contribution in [3.05, 3.63) is 0 Å². The van der Waals surface area contributed by atoms with Gasteiger partial charge in [0.15, 0.2) is 6.79 Å². The number of piperazine rings is 1. The molecular weight excluding hydrogens is 160 g/mol. The van der Waals surface area contributed by atoms with Gasteiger partial charge in [-0.1, -0.05) is 0 Å². The molecule has 70 valence electrons. The second kappa shape index (κ2) is 4.27. The Hall–Kier alpha value is -0.810. The molecule has 0 unspecified atom stereocenters. The summed E-state index contributed by atoms with van der Waals surface area (Å²) in [5, 5.41) is 8.34. The fraction of sp³-hybridized carbons (Fsp3) is 0.857. The molecule has 1 saturated heterocycles. The zero-order chi connectivity index (χ0) is 8.97. The largest absolute Gasteiger partial charge is 0.422 e. The van der Waals surface area contributed by atoms with Gasteiger partial charge in [-0.3, -0.25) is 0 Å². The Labute approximate surface area is 71.5 Å². The van der Waals surface area contributed by atoms with Crippen LogP contribution in [0.5, 0.6) is 0 Å². The van der Waals surface area contributed by atoms with Crippen molar-refractivity contribution in [2.45, 2.75) is 0 Å². The predicted octanol–water partition coefficient (Wildman–Crippen LogP) is -0.680. The van der Waals surface area contributed by atoms with Crippen LogP contribution in [0.2, 0.25) is 0 Å². The van der Waals surface area contributed by atoms with Crippen molar-refractivity contribution in [1.29, 1.82) is 0 Å². The van der Waals surface area contributed by atoms with E-state index in [1.165, 1.54) is 0 Å². The fourth-order valence-electron chi connectivity index (χ4n) is 1.14. The molecule has 0 aliphatic carbocycles. The normalized spacial score (nSPS) is 19.3. The second-order valence-electron chi connectivity index (χ2n) is 2.83. The molecule has 0 aromatic rings. The highest BCUT2D eigenvalue weighted by Crippen LogP contribution is 2.00. The van der Waals surface area contributed by atoms with E-state index in [2.05, 4.69) is 9.64 Å².